The number of rotatable bonds is 0. The van der Waals surface area contributed by atoms with Gasteiger partial charge in [-0.25, -0.2) is 0 Å². The van der Waals surface area contributed by atoms with Crippen LogP contribution in [0.15, 0.2) is 0 Å². The van der Waals surface area contributed by atoms with Gasteiger partial charge in [0.25, 0.3) is 0 Å². The molecule has 0 radical (unpaired) electrons. The topological polar surface area (TPSA) is 18.5 Å². The summed E-state index contributed by atoms with van der Waals surface area (Å²) in [6.45, 7) is 6.17. The van der Waals surface area contributed by atoms with E-state index in [2.05, 4.69) is 13.8 Å². The largest absolute Gasteiger partial charge is 0.375 e. The first-order valence-electron chi connectivity index (χ1n) is 4.02. The molecule has 2 nitrogen and oxygen atoms in total. The SMILES string of the molecule is C[C@H]1CO[C@@H]2C1OC[C@@H]2C. The second kappa shape index (κ2) is 2.21. The maximum atomic E-state index is 5.58. The lowest BCUT2D eigenvalue weighted by atomic mass is 9.99. The summed E-state index contributed by atoms with van der Waals surface area (Å²) < 4.78 is 11.2. The van der Waals surface area contributed by atoms with Crippen LogP contribution in [0.1, 0.15) is 13.8 Å². The summed E-state index contributed by atoms with van der Waals surface area (Å²) >= 11 is 0. The molecule has 1 unspecified atom stereocenters. The Kier molecular flexibility index (Phi) is 1.46. The molecule has 2 rings (SSSR count). The van der Waals surface area contributed by atoms with Gasteiger partial charge in [0.15, 0.2) is 0 Å². The van der Waals surface area contributed by atoms with Gasteiger partial charge in [0.05, 0.1) is 25.4 Å². The van der Waals surface area contributed by atoms with E-state index >= 15 is 0 Å². The highest BCUT2D eigenvalue weighted by atomic mass is 16.6. The Balaban J connectivity index is 2.09. The minimum absolute atomic E-state index is 0.398. The Bertz CT molecular complexity index is 119. The first kappa shape index (κ1) is 6.62. The fraction of sp³-hybridized carbons (Fsp3) is 1.00. The molecule has 2 heteroatoms. The van der Waals surface area contributed by atoms with E-state index < -0.39 is 0 Å². The van der Waals surface area contributed by atoms with E-state index in [-0.39, 0.29) is 0 Å². The quantitative estimate of drug-likeness (QED) is 0.503. The Hall–Kier alpha value is -0.0800. The molecule has 0 amide bonds. The molecule has 2 fully saturated rings. The lowest BCUT2D eigenvalue weighted by Crippen LogP contribution is -2.23. The highest BCUT2D eigenvalue weighted by molar-refractivity contribution is 4.90. The summed E-state index contributed by atoms with van der Waals surface area (Å²) in [6.07, 6.45) is 0.796. The number of ether oxygens (including phenoxy) is 2. The number of hydrogen-bond acceptors (Lipinski definition) is 2. The summed E-state index contributed by atoms with van der Waals surface area (Å²) in [5, 5.41) is 0. The highest BCUT2D eigenvalue weighted by Crippen LogP contribution is 2.33. The van der Waals surface area contributed by atoms with E-state index in [4.69, 9.17) is 9.47 Å². The van der Waals surface area contributed by atoms with Gasteiger partial charge in [-0.05, 0) is 0 Å². The van der Waals surface area contributed by atoms with Crippen molar-refractivity contribution in [2.24, 2.45) is 11.8 Å². The second-order valence-electron chi connectivity index (χ2n) is 3.55. The molecule has 0 bridgehead atoms. The zero-order chi connectivity index (χ0) is 7.14. The van der Waals surface area contributed by atoms with Crippen LogP contribution >= 0.6 is 0 Å². The minimum atomic E-state index is 0.398. The van der Waals surface area contributed by atoms with Gasteiger partial charge in [-0.2, -0.15) is 0 Å². The van der Waals surface area contributed by atoms with Crippen molar-refractivity contribution in [3.63, 3.8) is 0 Å². The third kappa shape index (κ3) is 0.789. The standard InChI is InChI=1S/C8H14O2/c1-5-3-9-8-6(2)4-10-7(5)8/h5-8H,3-4H2,1-2H3/t5-,6-,7-,8?/m0/s1. The van der Waals surface area contributed by atoms with Gasteiger partial charge in [-0.15, -0.1) is 0 Å². The fourth-order valence-electron chi connectivity index (χ4n) is 1.88. The van der Waals surface area contributed by atoms with Gasteiger partial charge >= 0.3 is 0 Å². The Labute approximate surface area is 61.5 Å². The van der Waals surface area contributed by atoms with Crippen LogP contribution in [0.2, 0.25) is 0 Å². The van der Waals surface area contributed by atoms with E-state index in [1.54, 1.807) is 0 Å². The van der Waals surface area contributed by atoms with Crippen LogP contribution in [0.25, 0.3) is 0 Å². The highest BCUT2D eigenvalue weighted by Gasteiger charge is 2.43. The van der Waals surface area contributed by atoms with Crippen molar-refractivity contribution in [2.75, 3.05) is 13.2 Å². The van der Waals surface area contributed by atoms with Gasteiger partial charge in [0.2, 0.25) is 0 Å². The molecule has 0 aromatic rings. The normalized spacial score (nSPS) is 53.4. The first-order chi connectivity index (χ1) is 4.79. The van der Waals surface area contributed by atoms with Crippen LogP contribution in [0.5, 0.6) is 0 Å². The summed E-state index contributed by atoms with van der Waals surface area (Å²) in [5.41, 5.74) is 0. The van der Waals surface area contributed by atoms with Crippen molar-refractivity contribution in [3.8, 4) is 0 Å². The zero-order valence-corrected chi connectivity index (χ0v) is 6.54. The predicted molar refractivity (Wildman–Crippen MR) is 37.8 cm³/mol. The van der Waals surface area contributed by atoms with Gasteiger partial charge in [0.1, 0.15) is 0 Å². The molecule has 0 N–H and O–H groups in total. The fourth-order valence-corrected chi connectivity index (χ4v) is 1.88. The van der Waals surface area contributed by atoms with Crippen molar-refractivity contribution in [1.29, 1.82) is 0 Å². The van der Waals surface area contributed by atoms with Gasteiger partial charge < -0.3 is 9.47 Å². The van der Waals surface area contributed by atoms with Crippen LogP contribution in [-0.4, -0.2) is 25.4 Å². The lowest BCUT2D eigenvalue weighted by Gasteiger charge is -2.10. The van der Waals surface area contributed by atoms with E-state index in [1.165, 1.54) is 0 Å². The smallest absolute Gasteiger partial charge is 0.0887 e. The second-order valence-corrected chi connectivity index (χ2v) is 3.55. The molecule has 0 saturated carbocycles. The number of fused-ring (bicyclic) bond motifs is 1. The molecule has 0 aromatic carbocycles. The van der Waals surface area contributed by atoms with Gasteiger partial charge in [-0.3, -0.25) is 0 Å². The molecule has 0 aliphatic carbocycles. The third-order valence-corrected chi connectivity index (χ3v) is 2.55. The maximum Gasteiger partial charge on any atom is 0.0887 e. The van der Waals surface area contributed by atoms with Crippen molar-refractivity contribution >= 4 is 0 Å². The van der Waals surface area contributed by atoms with Crippen molar-refractivity contribution in [3.05, 3.63) is 0 Å². The number of hydrogen-bond donors (Lipinski definition) is 0. The Morgan fingerprint density at radius 2 is 1.30 bits per heavy atom. The minimum Gasteiger partial charge on any atom is -0.375 e. The molecule has 0 aromatic heterocycles. The molecule has 4 atom stereocenters. The molecule has 2 aliphatic heterocycles. The molecular formula is C8H14O2. The van der Waals surface area contributed by atoms with Crippen molar-refractivity contribution in [1.82, 2.24) is 0 Å². The summed E-state index contributed by atoms with van der Waals surface area (Å²) in [7, 11) is 0. The summed E-state index contributed by atoms with van der Waals surface area (Å²) in [6, 6.07) is 0. The van der Waals surface area contributed by atoms with E-state index in [1.807, 2.05) is 0 Å². The first-order valence-corrected chi connectivity index (χ1v) is 4.02. The summed E-state index contributed by atoms with van der Waals surface area (Å²) in [4.78, 5) is 0. The van der Waals surface area contributed by atoms with Gasteiger partial charge in [-0.1, -0.05) is 13.8 Å². The van der Waals surface area contributed by atoms with Crippen LogP contribution in [-0.2, 0) is 9.47 Å². The molecule has 58 valence electrons. The molecule has 2 saturated heterocycles. The molecule has 0 spiro atoms. The third-order valence-electron chi connectivity index (χ3n) is 2.55. The maximum absolute atomic E-state index is 5.58. The van der Waals surface area contributed by atoms with Gasteiger partial charge in [0, 0.05) is 11.8 Å². The van der Waals surface area contributed by atoms with Crippen LogP contribution in [0.3, 0.4) is 0 Å². The molecule has 10 heavy (non-hydrogen) atoms. The molecule has 2 aliphatic rings. The average Bonchev–Trinajstić information content (AvgIpc) is 2.41. The molecule has 2 heterocycles. The van der Waals surface area contributed by atoms with E-state index in [9.17, 15) is 0 Å². The van der Waals surface area contributed by atoms with E-state index in [0.29, 0.717) is 24.0 Å². The Morgan fingerprint density at radius 1 is 0.900 bits per heavy atom. The van der Waals surface area contributed by atoms with E-state index in [0.717, 1.165) is 13.2 Å². The zero-order valence-electron chi connectivity index (χ0n) is 6.54. The average molecular weight is 142 g/mol. The lowest BCUT2D eigenvalue weighted by molar-refractivity contribution is 0.0627. The molecular weight excluding hydrogens is 128 g/mol. The monoisotopic (exact) mass is 142 g/mol. The van der Waals surface area contributed by atoms with Crippen LogP contribution in [0.4, 0.5) is 0 Å². The predicted octanol–water partition coefficient (Wildman–Crippen LogP) is 1.06. The van der Waals surface area contributed by atoms with Crippen molar-refractivity contribution < 1.29 is 9.47 Å². The van der Waals surface area contributed by atoms with Crippen LogP contribution in [0, 0.1) is 11.8 Å². The summed E-state index contributed by atoms with van der Waals surface area (Å²) in [5.74, 6) is 1.21. The Morgan fingerprint density at radius 3 is 1.70 bits per heavy atom. The van der Waals surface area contributed by atoms with Crippen LogP contribution < -0.4 is 0 Å². The van der Waals surface area contributed by atoms with Crippen molar-refractivity contribution in [2.45, 2.75) is 26.1 Å².